The first kappa shape index (κ1) is 15.4. The van der Waals surface area contributed by atoms with Gasteiger partial charge in [0.05, 0.1) is 18.2 Å². The molecule has 0 aliphatic heterocycles. The molecule has 22 heavy (non-hydrogen) atoms. The van der Waals surface area contributed by atoms with Gasteiger partial charge in [0.1, 0.15) is 5.75 Å². The zero-order valence-corrected chi connectivity index (χ0v) is 12.1. The predicted octanol–water partition coefficient (Wildman–Crippen LogP) is 2.94. The van der Waals surface area contributed by atoms with Gasteiger partial charge in [-0.2, -0.15) is 5.26 Å². The Hall–Kier alpha value is -3.00. The number of hydrogen-bond donors (Lipinski definition) is 2. The molecule has 2 aromatic carbocycles. The van der Waals surface area contributed by atoms with Crippen molar-refractivity contribution < 1.29 is 9.53 Å². The molecule has 0 fully saturated rings. The molecule has 0 aliphatic rings. The summed E-state index contributed by atoms with van der Waals surface area (Å²) in [7, 11) is 0. The maximum Gasteiger partial charge on any atom is 0.224 e. The number of nitrogens with one attached hydrogen (secondary N) is 1. The average molecular weight is 295 g/mol. The quantitative estimate of drug-likeness (QED) is 0.633. The minimum atomic E-state index is -0.0619. The summed E-state index contributed by atoms with van der Waals surface area (Å²) in [4.78, 5) is 11.8. The van der Waals surface area contributed by atoms with Crippen LogP contribution in [-0.4, -0.2) is 12.5 Å². The van der Waals surface area contributed by atoms with Crippen molar-refractivity contribution in [2.24, 2.45) is 0 Å². The molecule has 0 saturated heterocycles. The van der Waals surface area contributed by atoms with Crippen LogP contribution in [0.25, 0.3) is 0 Å². The second kappa shape index (κ2) is 7.70. The van der Waals surface area contributed by atoms with E-state index in [1.807, 2.05) is 6.07 Å². The standard InChI is InChI=1S/C17H17N3O2/c18-12-13-3-9-16(10-4-13)22-11-1-2-17(21)20-15-7-5-14(19)6-8-15/h3-10H,1-2,11,19H2,(H,20,21). The van der Waals surface area contributed by atoms with Crippen LogP contribution in [0.4, 0.5) is 11.4 Å². The monoisotopic (exact) mass is 295 g/mol. The van der Waals surface area contributed by atoms with Crippen LogP contribution in [0, 0.1) is 11.3 Å². The lowest BCUT2D eigenvalue weighted by atomic mass is 10.2. The van der Waals surface area contributed by atoms with Crippen LogP contribution in [0.2, 0.25) is 0 Å². The van der Waals surface area contributed by atoms with Crippen molar-refractivity contribution in [2.75, 3.05) is 17.7 Å². The van der Waals surface area contributed by atoms with Gasteiger partial charge in [-0.1, -0.05) is 0 Å². The van der Waals surface area contributed by atoms with Crippen molar-refractivity contribution in [1.29, 1.82) is 5.26 Å². The van der Waals surface area contributed by atoms with E-state index in [0.29, 0.717) is 36.4 Å². The fraction of sp³-hybridized carbons (Fsp3) is 0.176. The number of carbonyl (C=O) groups excluding carboxylic acids is 1. The van der Waals surface area contributed by atoms with Gasteiger partial charge in [0, 0.05) is 17.8 Å². The molecule has 112 valence electrons. The van der Waals surface area contributed by atoms with E-state index >= 15 is 0 Å². The number of nitriles is 1. The molecule has 5 heteroatoms. The zero-order valence-electron chi connectivity index (χ0n) is 12.1. The van der Waals surface area contributed by atoms with Gasteiger partial charge in [0.25, 0.3) is 0 Å². The highest BCUT2D eigenvalue weighted by atomic mass is 16.5. The first-order chi connectivity index (χ1) is 10.7. The van der Waals surface area contributed by atoms with Crippen molar-refractivity contribution in [1.82, 2.24) is 0 Å². The second-order valence-electron chi connectivity index (χ2n) is 4.76. The topological polar surface area (TPSA) is 88.1 Å². The molecule has 0 atom stereocenters. The van der Waals surface area contributed by atoms with Gasteiger partial charge < -0.3 is 15.8 Å². The van der Waals surface area contributed by atoms with Crippen LogP contribution in [0.1, 0.15) is 18.4 Å². The Kier molecular flexibility index (Phi) is 5.38. The van der Waals surface area contributed by atoms with Crippen LogP contribution in [-0.2, 0) is 4.79 Å². The third-order valence-corrected chi connectivity index (χ3v) is 2.99. The number of carbonyl (C=O) groups is 1. The molecule has 5 nitrogen and oxygen atoms in total. The minimum absolute atomic E-state index is 0.0619. The number of nitrogens with zero attached hydrogens (tertiary/aromatic N) is 1. The molecule has 2 aromatic rings. The molecule has 0 aromatic heterocycles. The van der Waals surface area contributed by atoms with E-state index in [9.17, 15) is 4.79 Å². The van der Waals surface area contributed by atoms with E-state index in [-0.39, 0.29) is 5.91 Å². The number of rotatable bonds is 6. The number of nitrogens with two attached hydrogens (primary N) is 1. The predicted molar refractivity (Wildman–Crippen MR) is 85.4 cm³/mol. The summed E-state index contributed by atoms with van der Waals surface area (Å²) in [5.41, 5.74) is 7.56. The van der Waals surface area contributed by atoms with Gasteiger partial charge in [-0.05, 0) is 55.0 Å². The Morgan fingerprint density at radius 2 is 1.82 bits per heavy atom. The van der Waals surface area contributed by atoms with E-state index in [1.165, 1.54) is 0 Å². The van der Waals surface area contributed by atoms with Crippen molar-refractivity contribution in [3.63, 3.8) is 0 Å². The molecule has 3 N–H and O–H groups in total. The van der Waals surface area contributed by atoms with Gasteiger partial charge in [-0.15, -0.1) is 0 Å². The molecule has 0 bridgehead atoms. The van der Waals surface area contributed by atoms with E-state index in [4.69, 9.17) is 15.7 Å². The Morgan fingerprint density at radius 1 is 1.14 bits per heavy atom. The zero-order chi connectivity index (χ0) is 15.8. The van der Waals surface area contributed by atoms with Gasteiger partial charge in [0.2, 0.25) is 5.91 Å². The van der Waals surface area contributed by atoms with Crippen LogP contribution in [0.5, 0.6) is 5.75 Å². The smallest absolute Gasteiger partial charge is 0.224 e. The number of anilines is 2. The summed E-state index contributed by atoms with van der Waals surface area (Å²) in [6.07, 6.45) is 0.988. The lowest BCUT2D eigenvalue weighted by molar-refractivity contribution is -0.116. The number of ether oxygens (including phenoxy) is 1. The maximum absolute atomic E-state index is 11.8. The molecule has 2 rings (SSSR count). The maximum atomic E-state index is 11.8. The summed E-state index contributed by atoms with van der Waals surface area (Å²) in [6.45, 7) is 0.445. The first-order valence-corrected chi connectivity index (χ1v) is 6.96. The number of amides is 1. The third-order valence-electron chi connectivity index (χ3n) is 2.99. The lowest BCUT2D eigenvalue weighted by Gasteiger charge is -2.07. The normalized spacial score (nSPS) is 9.77. The number of benzene rings is 2. The molecule has 0 saturated carbocycles. The summed E-state index contributed by atoms with van der Waals surface area (Å²) >= 11 is 0. The molecule has 0 aliphatic carbocycles. The Balaban J connectivity index is 1.68. The highest BCUT2D eigenvalue weighted by Gasteiger charge is 2.03. The number of nitrogen functional groups attached to an aromatic ring is 1. The van der Waals surface area contributed by atoms with Crippen molar-refractivity contribution in [2.45, 2.75) is 12.8 Å². The van der Waals surface area contributed by atoms with E-state index in [0.717, 1.165) is 5.69 Å². The van der Waals surface area contributed by atoms with Crippen molar-refractivity contribution in [3.8, 4) is 11.8 Å². The molecular weight excluding hydrogens is 278 g/mol. The minimum Gasteiger partial charge on any atom is -0.494 e. The summed E-state index contributed by atoms with van der Waals surface area (Å²) in [5, 5.41) is 11.5. The molecular formula is C17H17N3O2. The first-order valence-electron chi connectivity index (χ1n) is 6.96. The van der Waals surface area contributed by atoms with Crippen molar-refractivity contribution in [3.05, 3.63) is 54.1 Å². The summed E-state index contributed by atoms with van der Waals surface area (Å²) in [5.74, 6) is 0.631. The highest BCUT2D eigenvalue weighted by molar-refractivity contribution is 5.90. The lowest BCUT2D eigenvalue weighted by Crippen LogP contribution is -2.12. The van der Waals surface area contributed by atoms with Gasteiger partial charge in [0.15, 0.2) is 0 Å². The van der Waals surface area contributed by atoms with Crippen LogP contribution in [0.3, 0.4) is 0 Å². The second-order valence-corrected chi connectivity index (χ2v) is 4.76. The van der Waals surface area contributed by atoms with Gasteiger partial charge >= 0.3 is 0 Å². The van der Waals surface area contributed by atoms with E-state index in [2.05, 4.69) is 5.32 Å². The van der Waals surface area contributed by atoms with Gasteiger partial charge in [-0.25, -0.2) is 0 Å². The van der Waals surface area contributed by atoms with Crippen LogP contribution < -0.4 is 15.8 Å². The van der Waals surface area contributed by atoms with Crippen molar-refractivity contribution >= 4 is 17.3 Å². The number of hydrogen-bond acceptors (Lipinski definition) is 4. The largest absolute Gasteiger partial charge is 0.494 e. The fourth-order valence-electron chi connectivity index (χ4n) is 1.84. The Morgan fingerprint density at radius 3 is 2.45 bits per heavy atom. The molecule has 1 amide bonds. The third kappa shape index (κ3) is 4.84. The summed E-state index contributed by atoms with van der Waals surface area (Å²) in [6, 6.07) is 15.9. The highest BCUT2D eigenvalue weighted by Crippen LogP contribution is 2.13. The molecule has 0 radical (unpaired) electrons. The van der Waals surface area contributed by atoms with E-state index < -0.39 is 0 Å². The fourth-order valence-corrected chi connectivity index (χ4v) is 1.84. The SMILES string of the molecule is N#Cc1ccc(OCCCC(=O)Nc2ccc(N)cc2)cc1. The van der Waals surface area contributed by atoms with Crippen LogP contribution >= 0.6 is 0 Å². The molecule has 0 spiro atoms. The summed E-state index contributed by atoms with van der Waals surface area (Å²) < 4.78 is 5.52. The van der Waals surface area contributed by atoms with E-state index in [1.54, 1.807) is 48.5 Å². The Labute approximate surface area is 129 Å². The molecule has 0 unspecified atom stereocenters. The Bertz CT molecular complexity index is 658. The molecule has 0 heterocycles. The van der Waals surface area contributed by atoms with Gasteiger partial charge in [-0.3, -0.25) is 4.79 Å². The average Bonchev–Trinajstić information content (AvgIpc) is 2.54. The van der Waals surface area contributed by atoms with Crippen LogP contribution in [0.15, 0.2) is 48.5 Å².